The van der Waals surface area contributed by atoms with E-state index in [1.165, 1.54) is 0 Å². The number of rotatable bonds is 2. The Morgan fingerprint density at radius 2 is 2.21 bits per heavy atom. The van der Waals surface area contributed by atoms with Crippen LogP contribution in [0.15, 0.2) is 18.5 Å². The molecule has 0 spiro atoms. The van der Waals surface area contributed by atoms with E-state index in [2.05, 4.69) is 20.3 Å². The number of nitrogens with zero attached hydrogens (tertiary/aromatic N) is 3. The van der Waals surface area contributed by atoms with Crippen LogP contribution in [0.2, 0.25) is 0 Å². The molecule has 0 radical (unpaired) electrons. The molecule has 0 aliphatic rings. The zero-order valence-electron chi connectivity index (χ0n) is 7.98. The van der Waals surface area contributed by atoms with Crippen molar-refractivity contribution in [2.75, 3.05) is 19.5 Å². The average molecular weight is 190 g/mol. The Morgan fingerprint density at radius 1 is 1.36 bits per heavy atom. The van der Waals surface area contributed by atoms with Crippen molar-refractivity contribution < 1.29 is 4.74 Å². The lowest BCUT2D eigenvalue weighted by molar-refractivity contribution is 0.397. The predicted octanol–water partition coefficient (Wildman–Crippen LogP) is 1.08. The highest BCUT2D eigenvalue weighted by Gasteiger charge is 2.03. The molecule has 0 aliphatic carbocycles. The van der Waals surface area contributed by atoms with E-state index in [9.17, 15) is 0 Å². The maximum Gasteiger partial charge on any atom is 0.232 e. The molecule has 0 aromatic carbocycles. The van der Waals surface area contributed by atoms with Gasteiger partial charge in [-0.3, -0.25) is 0 Å². The summed E-state index contributed by atoms with van der Waals surface area (Å²) in [5, 5.41) is 2.95. The second-order valence-electron chi connectivity index (χ2n) is 2.69. The van der Waals surface area contributed by atoms with Gasteiger partial charge < -0.3 is 10.1 Å². The Hall–Kier alpha value is -1.91. The molecule has 2 rings (SSSR count). The normalized spacial score (nSPS) is 10.1. The summed E-state index contributed by atoms with van der Waals surface area (Å²) in [5.41, 5.74) is 1.51. The molecule has 0 saturated carbocycles. The minimum atomic E-state index is 0.505. The average Bonchev–Trinajstić information content (AvgIpc) is 2.27. The summed E-state index contributed by atoms with van der Waals surface area (Å²) in [7, 11) is 3.36. The fourth-order valence-electron chi connectivity index (χ4n) is 1.21. The molecule has 0 fully saturated rings. The summed E-state index contributed by atoms with van der Waals surface area (Å²) in [6.07, 6.45) is 3.26. The number of anilines is 1. The molecular weight excluding hydrogens is 180 g/mol. The number of methoxy groups -OCH3 is 1. The van der Waals surface area contributed by atoms with Gasteiger partial charge in [-0.05, 0) is 6.07 Å². The van der Waals surface area contributed by atoms with E-state index >= 15 is 0 Å². The number of ether oxygens (including phenoxy) is 1. The largest absolute Gasteiger partial charge is 0.480 e. The van der Waals surface area contributed by atoms with E-state index in [1.54, 1.807) is 32.6 Å². The third kappa shape index (κ3) is 1.32. The second kappa shape index (κ2) is 3.45. The Balaban J connectivity index is 2.67. The van der Waals surface area contributed by atoms with Gasteiger partial charge in [-0.15, -0.1) is 0 Å². The fourth-order valence-corrected chi connectivity index (χ4v) is 1.21. The van der Waals surface area contributed by atoms with Crippen molar-refractivity contribution in [2.24, 2.45) is 0 Å². The van der Waals surface area contributed by atoms with Crippen LogP contribution in [0.1, 0.15) is 0 Å². The molecule has 2 aromatic rings. The summed E-state index contributed by atoms with van der Waals surface area (Å²) in [6, 6.07) is 1.80. The van der Waals surface area contributed by atoms with Gasteiger partial charge in [-0.25, -0.2) is 15.0 Å². The first-order chi connectivity index (χ1) is 6.85. The SMILES string of the molecule is CNc1nccc2nc(OC)cnc12. The zero-order valence-corrected chi connectivity index (χ0v) is 7.98. The van der Waals surface area contributed by atoms with Gasteiger partial charge in [0.1, 0.15) is 5.52 Å². The summed E-state index contributed by atoms with van der Waals surface area (Å²) in [4.78, 5) is 12.6. The van der Waals surface area contributed by atoms with Gasteiger partial charge in [-0.1, -0.05) is 0 Å². The maximum absolute atomic E-state index is 4.98. The quantitative estimate of drug-likeness (QED) is 0.767. The van der Waals surface area contributed by atoms with Crippen LogP contribution in [0.5, 0.6) is 5.88 Å². The molecule has 0 bridgehead atoms. The van der Waals surface area contributed by atoms with Crippen LogP contribution in [0, 0.1) is 0 Å². The first-order valence-electron chi connectivity index (χ1n) is 4.18. The van der Waals surface area contributed by atoms with E-state index in [4.69, 9.17) is 4.74 Å². The standard InChI is InChI=1S/C9H10N4O/c1-10-9-8-6(3-4-11-9)13-7(14-2)5-12-8/h3-5H,1-2H3,(H,10,11). The van der Waals surface area contributed by atoms with Crippen LogP contribution in [-0.4, -0.2) is 29.1 Å². The van der Waals surface area contributed by atoms with Gasteiger partial charge >= 0.3 is 0 Å². The molecule has 5 nitrogen and oxygen atoms in total. The first-order valence-corrected chi connectivity index (χ1v) is 4.18. The lowest BCUT2D eigenvalue weighted by Crippen LogP contribution is -1.97. The van der Waals surface area contributed by atoms with Crippen molar-refractivity contribution in [1.29, 1.82) is 0 Å². The lowest BCUT2D eigenvalue weighted by atomic mass is 10.3. The summed E-state index contributed by atoms with van der Waals surface area (Å²) in [6.45, 7) is 0. The summed E-state index contributed by atoms with van der Waals surface area (Å²) in [5.74, 6) is 1.23. The van der Waals surface area contributed by atoms with E-state index in [-0.39, 0.29) is 0 Å². The van der Waals surface area contributed by atoms with Gasteiger partial charge in [-0.2, -0.15) is 0 Å². The number of fused-ring (bicyclic) bond motifs is 1. The molecule has 72 valence electrons. The molecule has 1 N–H and O–H groups in total. The van der Waals surface area contributed by atoms with Crippen LogP contribution in [0.4, 0.5) is 5.82 Å². The molecule has 0 amide bonds. The van der Waals surface area contributed by atoms with Gasteiger partial charge in [0.25, 0.3) is 0 Å². The van der Waals surface area contributed by atoms with Crippen molar-refractivity contribution in [3.05, 3.63) is 18.5 Å². The Kier molecular flexibility index (Phi) is 2.14. The summed E-state index contributed by atoms with van der Waals surface area (Å²) >= 11 is 0. The molecule has 14 heavy (non-hydrogen) atoms. The molecule has 0 saturated heterocycles. The lowest BCUT2D eigenvalue weighted by Gasteiger charge is -2.03. The molecule has 0 aliphatic heterocycles. The monoisotopic (exact) mass is 190 g/mol. The van der Waals surface area contributed by atoms with Gasteiger partial charge in [0.2, 0.25) is 5.88 Å². The molecular formula is C9H10N4O. The van der Waals surface area contributed by atoms with Crippen LogP contribution in [0.3, 0.4) is 0 Å². The van der Waals surface area contributed by atoms with Gasteiger partial charge in [0.05, 0.1) is 18.8 Å². The van der Waals surface area contributed by atoms with E-state index in [0.29, 0.717) is 5.88 Å². The molecule has 0 atom stereocenters. The van der Waals surface area contributed by atoms with Crippen molar-refractivity contribution in [3.8, 4) is 5.88 Å². The third-order valence-electron chi connectivity index (χ3n) is 1.88. The highest BCUT2D eigenvalue weighted by Crippen LogP contribution is 2.18. The van der Waals surface area contributed by atoms with Crippen LogP contribution in [0.25, 0.3) is 11.0 Å². The van der Waals surface area contributed by atoms with Crippen LogP contribution in [-0.2, 0) is 0 Å². The van der Waals surface area contributed by atoms with Crippen molar-refractivity contribution >= 4 is 16.9 Å². The highest BCUT2D eigenvalue weighted by atomic mass is 16.5. The highest BCUT2D eigenvalue weighted by molar-refractivity contribution is 5.84. The summed E-state index contributed by atoms with van der Waals surface area (Å²) < 4.78 is 4.98. The first kappa shape index (κ1) is 8.68. The molecule has 2 aromatic heterocycles. The molecule has 5 heteroatoms. The van der Waals surface area contributed by atoms with Gasteiger partial charge in [0.15, 0.2) is 5.82 Å². The number of hydrogen-bond acceptors (Lipinski definition) is 5. The topological polar surface area (TPSA) is 59.9 Å². The van der Waals surface area contributed by atoms with E-state index in [1.807, 2.05) is 0 Å². The number of hydrogen-bond donors (Lipinski definition) is 1. The van der Waals surface area contributed by atoms with Crippen molar-refractivity contribution in [1.82, 2.24) is 15.0 Å². The Labute approximate surface area is 81.2 Å². The Bertz CT molecular complexity index is 458. The van der Waals surface area contributed by atoms with Crippen molar-refractivity contribution in [2.45, 2.75) is 0 Å². The number of aromatic nitrogens is 3. The minimum Gasteiger partial charge on any atom is -0.480 e. The van der Waals surface area contributed by atoms with E-state index in [0.717, 1.165) is 16.9 Å². The molecule has 2 heterocycles. The predicted molar refractivity (Wildman–Crippen MR) is 53.4 cm³/mol. The van der Waals surface area contributed by atoms with Crippen LogP contribution < -0.4 is 10.1 Å². The van der Waals surface area contributed by atoms with Gasteiger partial charge in [0, 0.05) is 13.2 Å². The van der Waals surface area contributed by atoms with Crippen LogP contribution >= 0.6 is 0 Å². The Morgan fingerprint density at radius 3 is 2.93 bits per heavy atom. The fraction of sp³-hybridized carbons (Fsp3) is 0.222. The van der Waals surface area contributed by atoms with E-state index < -0.39 is 0 Å². The van der Waals surface area contributed by atoms with Crippen molar-refractivity contribution in [3.63, 3.8) is 0 Å². The molecule has 0 unspecified atom stereocenters. The zero-order chi connectivity index (χ0) is 9.97. The smallest absolute Gasteiger partial charge is 0.232 e. The number of pyridine rings is 1. The number of nitrogens with one attached hydrogen (secondary N) is 1. The third-order valence-corrected chi connectivity index (χ3v) is 1.88. The second-order valence-corrected chi connectivity index (χ2v) is 2.69. The minimum absolute atomic E-state index is 0.505. The maximum atomic E-state index is 4.98.